The Bertz CT molecular complexity index is 436. The fourth-order valence-corrected chi connectivity index (χ4v) is 3.00. The monoisotopic (exact) mass is 338 g/mol. The third kappa shape index (κ3) is 4.32. The number of piperidine rings is 1. The number of amides is 1. The molecule has 0 saturated carbocycles. The Balaban J connectivity index is 1.77. The zero-order valence-corrected chi connectivity index (χ0v) is 13.6. The Morgan fingerprint density at radius 2 is 1.95 bits per heavy atom. The normalized spacial score (nSPS) is 18.1. The van der Waals surface area contributed by atoms with E-state index in [-0.39, 0.29) is 11.9 Å². The minimum absolute atomic E-state index is 0.245. The van der Waals surface area contributed by atoms with Gasteiger partial charge in [0.05, 0.1) is 0 Å². The summed E-state index contributed by atoms with van der Waals surface area (Å²) in [6, 6.07) is 8.43. The molecule has 0 spiro atoms. The molecular formula is C16H23BrN2O. The summed E-state index contributed by atoms with van der Waals surface area (Å²) in [5.41, 5.74) is 7.14. The van der Waals surface area contributed by atoms with Gasteiger partial charge in [-0.15, -0.1) is 0 Å². The minimum atomic E-state index is 0.245. The van der Waals surface area contributed by atoms with Gasteiger partial charge in [-0.05, 0) is 49.8 Å². The highest BCUT2D eigenvalue weighted by molar-refractivity contribution is 9.10. The van der Waals surface area contributed by atoms with E-state index in [2.05, 4.69) is 35.0 Å². The van der Waals surface area contributed by atoms with Gasteiger partial charge in [0.2, 0.25) is 5.91 Å². The van der Waals surface area contributed by atoms with Crippen molar-refractivity contribution >= 4 is 21.8 Å². The average molecular weight is 339 g/mol. The summed E-state index contributed by atoms with van der Waals surface area (Å²) in [6.07, 6.45) is 3.51. The van der Waals surface area contributed by atoms with Crippen LogP contribution in [0, 0.1) is 5.92 Å². The standard InChI is InChI=1S/C16H23BrN2O/c1-12(18)14-8-10-19(11-9-14)16(20)7-4-13-2-5-15(17)6-3-13/h2-3,5-6,12,14H,4,7-11,18H2,1H3. The van der Waals surface area contributed by atoms with Crippen molar-refractivity contribution in [1.82, 2.24) is 4.90 Å². The Morgan fingerprint density at radius 1 is 1.35 bits per heavy atom. The molecule has 2 N–H and O–H groups in total. The van der Waals surface area contributed by atoms with Crippen LogP contribution in [0.1, 0.15) is 31.7 Å². The molecule has 1 aliphatic rings. The van der Waals surface area contributed by atoms with E-state index in [0.717, 1.165) is 36.8 Å². The summed E-state index contributed by atoms with van der Waals surface area (Å²) in [6.45, 7) is 3.80. The van der Waals surface area contributed by atoms with Gasteiger partial charge in [-0.2, -0.15) is 0 Å². The quantitative estimate of drug-likeness (QED) is 0.917. The topological polar surface area (TPSA) is 46.3 Å². The molecular weight excluding hydrogens is 316 g/mol. The zero-order chi connectivity index (χ0) is 14.5. The molecule has 0 aliphatic carbocycles. The fourth-order valence-electron chi connectivity index (χ4n) is 2.74. The number of benzene rings is 1. The molecule has 1 atom stereocenters. The number of aryl methyl sites for hydroxylation is 1. The molecule has 1 fully saturated rings. The third-order valence-corrected chi connectivity index (χ3v) is 4.71. The maximum Gasteiger partial charge on any atom is 0.222 e. The van der Waals surface area contributed by atoms with Crippen molar-refractivity contribution in [2.45, 2.75) is 38.6 Å². The number of nitrogens with zero attached hydrogens (tertiary/aromatic N) is 1. The predicted molar refractivity (Wildman–Crippen MR) is 85.4 cm³/mol. The molecule has 0 aromatic heterocycles. The summed E-state index contributed by atoms with van der Waals surface area (Å²) >= 11 is 3.42. The van der Waals surface area contributed by atoms with Crippen LogP contribution in [-0.2, 0) is 11.2 Å². The number of rotatable bonds is 4. The third-order valence-electron chi connectivity index (χ3n) is 4.18. The number of carbonyl (C=O) groups is 1. The molecule has 110 valence electrons. The first kappa shape index (κ1) is 15.5. The molecule has 1 aromatic rings. The Morgan fingerprint density at radius 3 is 2.50 bits per heavy atom. The second-order valence-electron chi connectivity index (χ2n) is 5.70. The molecule has 1 saturated heterocycles. The highest BCUT2D eigenvalue weighted by Gasteiger charge is 2.24. The van der Waals surface area contributed by atoms with E-state index < -0.39 is 0 Å². The zero-order valence-electron chi connectivity index (χ0n) is 12.0. The van der Waals surface area contributed by atoms with Crippen LogP contribution >= 0.6 is 15.9 Å². The van der Waals surface area contributed by atoms with Crippen molar-refractivity contribution in [1.29, 1.82) is 0 Å². The molecule has 0 radical (unpaired) electrons. The Hall–Kier alpha value is -0.870. The van der Waals surface area contributed by atoms with Crippen LogP contribution in [0.2, 0.25) is 0 Å². The van der Waals surface area contributed by atoms with Gasteiger partial charge in [0.25, 0.3) is 0 Å². The molecule has 1 aliphatic heterocycles. The lowest BCUT2D eigenvalue weighted by Gasteiger charge is -2.33. The molecule has 4 heteroatoms. The van der Waals surface area contributed by atoms with E-state index in [4.69, 9.17) is 5.73 Å². The lowest BCUT2D eigenvalue weighted by molar-refractivity contribution is -0.132. The molecule has 0 bridgehead atoms. The summed E-state index contributed by atoms with van der Waals surface area (Å²) in [5, 5.41) is 0. The van der Waals surface area contributed by atoms with E-state index >= 15 is 0 Å². The minimum Gasteiger partial charge on any atom is -0.343 e. The van der Waals surface area contributed by atoms with Gasteiger partial charge >= 0.3 is 0 Å². The van der Waals surface area contributed by atoms with E-state index in [9.17, 15) is 4.79 Å². The van der Waals surface area contributed by atoms with Crippen molar-refractivity contribution < 1.29 is 4.79 Å². The molecule has 2 rings (SSSR count). The molecule has 20 heavy (non-hydrogen) atoms. The number of nitrogens with two attached hydrogens (primary N) is 1. The van der Waals surface area contributed by atoms with Crippen molar-refractivity contribution in [2.75, 3.05) is 13.1 Å². The maximum absolute atomic E-state index is 12.2. The van der Waals surface area contributed by atoms with Crippen LogP contribution in [0.5, 0.6) is 0 Å². The summed E-state index contributed by atoms with van der Waals surface area (Å²) in [5.74, 6) is 0.849. The van der Waals surface area contributed by atoms with E-state index in [1.54, 1.807) is 0 Å². The van der Waals surface area contributed by atoms with Gasteiger partial charge in [-0.3, -0.25) is 4.79 Å². The summed E-state index contributed by atoms with van der Waals surface area (Å²) < 4.78 is 1.07. The van der Waals surface area contributed by atoms with Gasteiger partial charge in [-0.25, -0.2) is 0 Å². The SMILES string of the molecule is CC(N)C1CCN(C(=O)CCc2ccc(Br)cc2)CC1. The first-order chi connectivity index (χ1) is 9.56. The van der Waals surface area contributed by atoms with Crippen molar-refractivity contribution in [3.05, 3.63) is 34.3 Å². The average Bonchev–Trinajstić information content (AvgIpc) is 2.46. The van der Waals surface area contributed by atoms with Gasteiger partial charge in [0.1, 0.15) is 0 Å². The largest absolute Gasteiger partial charge is 0.343 e. The van der Waals surface area contributed by atoms with E-state index in [0.29, 0.717) is 12.3 Å². The number of hydrogen-bond acceptors (Lipinski definition) is 2. The van der Waals surface area contributed by atoms with Crippen LogP contribution < -0.4 is 5.73 Å². The Labute approximate surface area is 129 Å². The Kier molecular flexibility index (Phi) is 5.61. The van der Waals surface area contributed by atoms with Crippen molar-refractivity contribution in [3.8, 4) is 0 Å². The van der Waals surface area contributed by atoms with E-state index in [1.807, 2.05) is 17.0 Å². The van der Waals surface area contributed by atoms with Crippen LogP contribution in [0.15, 0.2) is 28.7 Å². The lowest BCUT2D eigenvalue weighted by Crippen LogP contribution is -2.42. The predicted octanol–water partition coefficient (Wildman–Crippen LogP) is 2.97. The first-order valence-electron chi connectivity index (χ1n) is 7.34. The van der Waals surface area contributed by atoms with Crippen LogP contribution in [0.25, 0.3) is 0 Å². The number of likely N-dealkylation sites (tertiary alicyclic amines) is 1. The number of carbonyl (C=O) groups excluding carboxylic acids is 1. The van der Waals surface area contributed by atoms with Crippen LogP contribution in [-0.4, -0.2) is 29.9 Å². The molecule has 1 aromatic carbocycles. The van der Waals surface area contributed by atoms with Gasteiger partial charge in [0, 0.05) is 30.0 Å². The highest BCUT2D eigenvalue weighted by Crippen LogP contribution is 2.20. The number of hydrogen-bond donors (Lipinski definition) is 1. The summed E-state index contributed by atoms with van der Waals surface area (Å²) in [7, 11) is 0. The van der Waals surface area contributed by atoms with Crippen molar-refractivity contribution in [2.24, 2.45) is 11.7 Å². The fraction of sp³-hybridized carbons (Fsp3) is 0.562. The second-order valence-corrected chi connectivity index (χ2v) is 6.62. The van der Waals surface area contributed by atoms with Crippen LogP contribution in [0.4, 0.5) is 0 Å². The van der Waals surface area contributed by atoms with Gasteiger partial charge < -0.3 is 10.6 Å². The van der Waals surface area contributed by atoms with E-state index in [1.165, 1.54) is 5.56 Å². The second kappa shape index (κ2) is 7.23. The smallest absolute Gasteiger partial charge is 0.222 e. The van der Waals surface area contributed by atoms with Crippen molar-refractivity contribution in [3.63, 3.8) is 0 Å². The van der Waals surface area contributed by atoms with Crippen LogP contribution in [0.3, 0.4) is 0 Å². The molecule has 1 amide bonds. The van der Waals surface area contributed by atoms with Gasteiger partial charge in [0.15, 0.2) is 0 Å². The summed E-state index contributed by atoms with van der Waals surface area (Å²) in [4.78, 5) is 14.2. The molecule has 3 nitrogen and oxygen atoms in total. The molecule has 1 heterocycles. The molecule has 1 unspecified atom stereocenters. The lowest BCUT2D eigenvalue weighted by atomic mass is 9.91. The number of halogens is 1. The first-order valence-corrected chi connectivity index (χ1v) is 8.13. The van der Waals surface area contributed by atoms with Gasteiger partial charge in [-0.1, -0.05) is 28.1 Å². The maximum atomic E-state index is 12.2. The highest BCUT2D eigenvalue weighted by atomic mass is 79.9.